The summed E-state index contributed by atoms with van der Waals surface area (Å²) in [5, 5.41) is 10.5. The Morgan fingerprint density at radius 3 is 2.73 bits per heavy atom. The lowest BCUT2D eigenvalue weighted by molar-refractivity contribution is -0.136. The summed E-state index contributed by atoms with van der Waals surface area (Å²) in [7, 11) is 0. The van der Waals surface area contributed by atoms with E-state index >= 15 is 0 Å². The van der Waals surface area contributed by atoms with E-state index in [2.05, 4.69) is 25.6 Å². The number of carbonyl (C=O) groups is 1. The highest BCUT2D eigenvalue weighted by molar-refractivity contribution is 9.10. The third-order valence-corrected chi connectivity index (χ3v) is 1.84. The predicted molar refractivity (Wildman–Crippen MR) is 38.4 cm³/mol. The second-order valence-corrected chi connectivity index (χ2v) is 2.65. The highest BCUT2D eigenvalue weighted by Crippen LogP contribution is 2.09. The predicted octanol–water partition coefficient (Wildman–Crippen LogP) is 0.358. The Morgan fingerprint density at radius 1 is 1.73 bits per heavy atom. The van der Waals surface area contributed by atoms with E-state index in [9.17, 15) is 9.59 Å². The second-order valence-electron chi connectivity index (χ2n) is 1.85. The number of aliphatic carboxylic acids is 1. The Bertz CT molecular complexity index is 325. The van der Waals surface area contributed by atoms with Crippen molar-refractivity contribution in [3.8, 4) is 0 Å². The molecule has 11 heavy (non-hydrogen) atoms. The molecule has 6 heteroatoms. The van der Waals surface area contributed by atoms with Crippen molar-refractivity contribution in [2.24, 2.45) is 0 Å². The molecule has 1 rings (SSSR count). The van der Waals surface area contributed by atoms with Gasteiger partial charge in [0.15, 0.2) is 0 Å². The van der Waals surface area contributed by atoms with Gasteiger partial charge in [0.1, 0.15) is 4.47 Å². The van der Waals surface area contributed by atoms with Crippen LogP contribution in [0.15, 0.2) is 13.8 Å². The molecule has 5 nitrogen and oxygen atoms in total. The summed E-state index contributed by atoms with van der Waals surface area (Å²) >= 11 is 2.88. The fourth-order valence-electron chi connectivity index (χ4n) is 0.586. The molecule has 2 N–H and O–H groups in total. The number of halogens is 1. The van der Waals surface area contributed by atoms with Crippen LogP contribution in [0, 0.1) is 0 Å². The lowest BCUT2D eigenvalue weighted by atomic mass is 10.3. The van der Waals surface area contributed by atoms with Crippen molar-refractivity contribution < 1.29 is 14.4 Å². The van der Waals surface area contributed by atoms with Crippen LogP contribution < -0.4 is 5.63 Å². The van der Waals surface area contributed by atoms with E-state index in [1.807, 2.05) is 0 Å². The van der Waals surface area contributed by atoms with Gasteiger partial charge in [-0.2, -0.15) is 0 Å². The summed E-state index contributed by atoms with van der Waals surface area (Å²) in [4.78, 5) is 20.7. The number of carboxylic acid groups (broad SMARTS) is 1. The maximum Gasteiger partial charge on any atom is 0.371 e. The Morgan fingerprint density at radius 2 is 2.36 bits per heavy atom. The second kappa shape index (κ2) is 2.91. The van der Waals surface area contributed by atoms with Crippen molar-refractivity contribution in [2.75, 3.05) is 0 Å². The van der Waals surface area contributed by atoms with E-state index in [1.54, 1.807) is 0 Å². The monoisotopic (exact) mass is 221 g/mol. The highest BCUT2D eigenvalue weighted by atomic mass is 79.9. The van der Waals surface area contributed by atoms with Gasteiger partial charge in [0.25, 0.3) is 0 Å². The van der Waals surface area contributed by atoms with Crippen LogP contribution in [0.4, 0.5) is 0 Å². The zero-order valence-electron chi connectivity index (χ0n) is 5.26. The molecule has 0 aliphatic heterocycles. The third kappa shape index (κ3) is 1.70. The topological polar surface area (TPSA) is 83.3 Å². The number of hydrogen-bond acceptors (Lipinski definition) is 3. The Balaban J connectivity index is 2.96. The fraction of sp³-hybridized carbons (Fsp3) is 0.200. The van der Waals surface area contributed by atoms with Crippen LogP contribution in [-0.4, -0.2) is 16.2 Å². The number of carboxylic acids is 1. The number of aromatic nitrogens is 1. The fourth-order valence-corrected chi connectivity index (χ4v) is 0.888. The van der Waals surface area contributed by atoms with Gasteiger partial charge in [-0.05, 0) is 15.9 Å². The first-order valence-corrected chi connectivity index (χ1v) is 3.48. The lowest BCUT2D eigenvalue weighted by Gasteiger charge is -1.87. The molecule has 1 heterocycles. The average molecular weight is 222 g/mol. The third-order valence-electron chi connectivity index (χ3n) is 1.04. The normalized spacial score (nSPS) is 9.91. The van der Waals surface area contributed by atoms with Gasteiger partial charge in [-0.1, -0.05) is 0 Å². The number of nitrogens with one attached hydrogen (secondary N) is 1. The minimum absolute atomic E-state index is 0.139. The molecule has 1 aromatic heterocycles. The SMILES string of the molecule is O=C(O)Cc1[nH]oc(=O)c1Br. The van der Waals surface area contributed by atoms with Crippen molar-refractivity contribution in [1.29, 1.82) is 0 Å². The van der Waals surface area contributed by atoms with Crippen molar-refractivity contribution in [3.05, 3.63) is 20.6 Å². The van der Waals surface area contributed by atoms with E-state index in [-0.39, 0.29) is 16.6 Å². The summed E-state index contributed by atoms with van der Waals surface area (Å²) in [5.41, 5.74) is -0.358. The largest absolute Gasteiger partial charge is 0.481 e. The van der Waals surface area contributed by atoms with E-state index in [4.69, 9.17) is 5.11 Å². The smallest absolute Gasteiger partial charge is 0.371 e. The zero-order chi connectivity index (χ0) is 8.43. The summed E-state index contributed by atoms with van der Waals surface area (Å²) in [6.07, 6.45) is -0.258. The first-order valence-electron chi connectivity index (χ1n) is 2.69. The maximum absolute atomic E-state index is 10.6. The molecule has 1 aromatic rings. The Kier molecular flexibility index (Phi) is 2.13. The Labute approximate surface area is 69.1 Å². The van der Waals surface area contributed by atoms with Gasteiger partial charge in [0.05, 0.1) is 12.1 Å². The number of rotatable bonds is 2. The first-order chi connectivity index (χ1) is 5.11. The van der Waals surface area contributed by atoms with Gasteiger partial charge in [-0.25, -0.2) is 9.95 Å². The van der Waals surface area contributed by atoms with Crippen molar-refractivity contribution in [2.45, 2.75) is 6.42 Å². The number of hydrogen-bond donors (Lipinski definition) is 2. The molecule has 0 radical (unpaired) electrons. The maximum atomic E-state index is 10.6. The molecule has 0 atom stereocenters. The molecule has 60 valence electrons. The quantitative estimate of drug-likeness (QED) is 0.756. The van der Waals surface area contributed by atoms with Crippen LogP contribution in [0.3, 0.4) is 0 Å². The van der Waals surface area contributed by atoms with Crippen LogP contribution >= 0.6 is 15.9 Å². The molecule has 0 aromatic carbocycles. The van der Waals surface area contributed by atoms with E-state index in [1.165, 1.54) is 0 Å². The summed E-state index contributed by atoms with van der Waals surface area (Å²) in [6.45, 7) is 0. The molecule has 0 aliphatic rings. The van der Waals surface area contributed by atoms with Crippen molar-refractivity contribution in [1.82, 2.24) is 5.16 Å². The van der Waals surface area contributed by atoms with E-state index in [0.717, 1.165) is 0 Å². The zero-order valence-corrected chi connectivity index (χ0v) is 6.84. The van der Waals surface area contributed by atoms with Crippen LogP contribution in [0.2, 0.25) is 0 Å². The molecular formula is C5H4BrNO4. The summed E-state index contributed by atoms with van der Waals surface area (Å²) in [5.74, 6) is -1.03. The van der Waals surface area contributed by atoms with Gasteiger partial charge in [-0.3, -0.25) is 4.79 Å². The highest BCUT2D eigenvalue weighted by Gasteiger charge is 2.11. The number of aromatic amines is 1. The summed E-state index contributed by atoms with van der Waals surface area (Å²) in [6, 6.07) is 0. The molecule has 0 saturated carbocycles. The number of H-pyrrole nitrogens is 1. The van der Waals surface area contributed by atoms with Gasteiger partial charge in [-0.15, -0.1) is 0 Å². The van der Waals surface area contributed by atoms with E-state index < -0.39 is 11.6 Å². The molecule has 0 spiro atoms. The van der Waals surface area contributed by atoms with Gasteiger partial charge < -0.3 is 9.63 Å². The van der Waals surface area contributed by atoms with E-state index in [0.29, 0.717) is 0 Å². The van der Waals surface area contributed by atoms with Crippen LogP contribution in [0.25, 0.3) is 0 Å². The van der Waals surface area contributed by atoms with Gasteiger partial charge >= 0.3 is 11.6 Å². The van der Waals surface area contributed by atoms with Crippen LogP contribution in [0.1, 0.15) is 5.69 Å². The molecular weight excluding hydrogens is 218 g/mol. The van der Waals surface area contributed by atoms with Crippen LogP contribution in [-0.2, 0) is 11.2 Å². The lowest BCUT2D eigenvalue weighted by Crippen LogP contribution is -2.02. The molecule has 0 bridgehead atoms. The summed E-state index contributed by atoms with van der Waals surface area (Å²) < 4.78 is 4.44. The average Bonchev–Trinajstić information content (AvgIpc) is 2.18. The van der Waals surface area contributed by atoms with Crippen molar-refractivity contribution in [3.63, 3.8) is 0 Å². The van der Waals surface area contributed by atoms with Crippen LogP contribution in [0.5, 0.6) is 0 Å². The molecule has 0 fully saturated rings. The van der Waals surface area contributed by atoms with Gasteiger partial charge in [0.2, 0.25) is 0 Å². The molecule has 0 unspecified atom stereocenters. The first kappa shape index (κ1) is 8.06. The standard InChI is InChI=1S/C5H4BrNO4/c6-4-2(1-3(8)9)7-11-5(4)10/h7H,1H2,(H,8,9). The van der Waals surface area contributed by atoms with Gasteiger partial charge in [0, 0.05) is 0 Å². The Hall–Kier alpha value is -1.04. The molecule has 0 saturated heterocycles. The molecule has 0 amide bonds. The van der Waals surface area contributed by atoms with Crippen molar-refractivity contribution >= 4 is 21.9 Å². The molecule has 0 aliphatic carbocycles. The minimum atomic E-state index is -1.03. The minimum Gasteiger partial charge on any atom is -0.481 e.